The highest BCUT2D eigenvalue weighted by atomic mass is 16.8. The molecule has 0 aromatic heterocycles. The summed E-state index contributed by atoms with van der Waals surface area (Å²) in [7, 11) is 1.36. The molecule has 2 aliphatic heterocycles. The van der Waals surface area contributed by atoms with Crippen molar-refractivity contribution in [2.75, 3.05) is 25.6 Å². The second-order valence-corrected chi connectivity index (χ2v) is 10.9. The summed E-state index contributed by atoms with van der Waals surface area (Å²) in [6.07, 6.45) is 11.3. The highest BCUT2D eigenvalue weighted by molar-refractivity contribution is 5.89. The number of esters is 1. The predicted octanol–water partition coefficient (Wildman–Crippen LogP) is 5.71. The number of fused-ring (bicyclic) bond motifs is 1. The van der Waals surface area contributed by atoms with Crippen molar-refractivity contribution in [3.05, 3.63) is 29.8 Å². The zero-order valence-corrected chi connectivity index (χ0v) is 24.2. The van der Waals surface area contributed by atoms with E-state index in [0.717, 1.165) is 18.4 Å². The van der Waals surface area contributed by atoms with Crippen LogP contribution in [0, 0.1) is 0 Å². The molecule has 9 heteroatoms. The molecule has 0 radical (unpaired) electrons. The van der Waals surface area contributed by atoms with Crippen molar-refractivity contribution in [3.63, 3.8) is 0 Å². The van der Waals surface area contributed by atoms with Crippen molar-refractivity contribution in [2.45, 2.75) is 122 Å². The van der Waals surface area contributed by atoms with Gasteiger partial charge in [0.15, 0.2) is 12.1 Å². The lowest BCUT2D eigenvalue weighted by Crippen LogP contribution is -2.41. The number of carbonyl (C=O) groups is 2. The van der Waals surface area contributed by atoms with Gasteiger partial charge in [0.25, 0.3) is 0 Å². The monoisotopic (exact) mass is 548 g/mol. The van der Waals surface area contributed by atoms with E-state index in [2.05, 4.69) is 22.3 Å². The van der Waals surface area contributed by atoms with Crippen molar-refractivity contribution in [1.29, 1.82) is 0 Å². The normalized spacial score (nSPS) is 23.4. The molecule has 1 aromatic rings. The molecule has 2 heterocycles. The maximum atomic E-state index is 12.5. The number of methoxy groups -OCH3 is 1. The molecule has 0 aliphatic carbocycles. The Hall–Kier alpha value is -2.20. The van der Waals surface area contributed by atoms with E-state index >= 15 is 0 Å². The van der Waals surface area contributed by atoms with Crippen LogP contribution in [0.5, 0.6) is 0 Å². The zero-order chi connectivity index (χ0) is 28.1. The smallest absolute Gasteiger partial charge is 0.319 e. The van der Waals surface area contributed by atoms with Crippen LogP contribution in [0.2, 0.25) is 0 Å². The van der Waals surface area contributed by atoms with Crippen molar-refractivity contribution in [3.8, 4) is 0 Å². The fraction of sp³-hybridized carbons (Fsp3) is 0.733. The summed E-state index contributed by atoms with van der Waals surface area (Å²) in [6.45, 7) is 6.88. The highest BCUT2D eigenvalue weighted by Crippen LogP contribution is 2.39. The maximum Gasteiger partial charge on any atom is 0.319 e. The van der Waals surface area contributed by atoms with E-state index < -0.39 is 12.1 Å². The van der Waals surface area contributed by atoms with E-state index in [1.54, 1.807) is 24.3 Å². The Morgan fingerprint density at radius 2 is 1.51 bits per heavy atom. The van der Waals surface area contributed by atoms with Gasteiger partial charge in [-0.2, -0.15) is 0 Å². The first-order valence-electron chi connectivity index (χ1n) is 14.6. The second kappa shape index (κ2) is 16.2. The van der Waals surface area contributed by atoms with Gasteiger partial charge < -0.3 is 34.3 Å². The molecule has 0 spiro atoms. The first-order chi connectivity index (χ1) is 18.8. The Morgan fingerprint density at radius 3 is 2.15 bits per heavy atom. The van der Waals surface area contributed by atoms with Gasteiger partial charge in [-0.3, -0.25) is 4.79 Å². The van der Waals surface area contributed by atoms with Gasteiger partial charge in [0, 0.05) is 18.8 Å². The minimum Gasteiger partial charge on any atom is -0.469 e. The molecule has 9 nitrogen and oxygen atoms in total. The first-order valence-corrected chi connectivity index (χ1v) is 14.6. The molecule has 0 bridgehead atoms. The topological polar surface area (TPSA) is 104 Å². The molecule has 39 heavy (non-hydrogen) atoms. The number of ether oxygens (including phenoxy) is 5. The summed E-state index contributed by atoms with van der Waals surface area (Å²) in [5, 5.41) is 5.66. The fourth-order valence-corrected chi connectivity index (χ4v) is 5.04. The number of hydrogen-bond donors (Lipinski definition) is 2. The Labute approximate surface area is 233 Å². The molecule has 2 amide bonds. The van der Waals surface area contributed by atoms with Crippen LogP contribution >= 0.6 is 0 Å². The first kappa shape index (κ1) is 31.3. The van der Waals surface area contributed by atoms with E-state index in [4.69, 9.17) is 18.9 Å². The number of rotatable bonds is 17. The quantitative estimate of drug-likeness (QED) is 0.190. The molecular formula is C30H48N2O7. The van der Waals surface area contributed by atoms with E-state index in [9.17, 15) is 9.59 Å². The lowest BCUT2D eigenvalue weighted by atomic mass is 10.1. The van der Waals surface area contributed by atoms with Gasteiger partial charge in [-0.25, -0.2) is 4.79 Å². The van der Waals surface area contributed by atoms with Crippen LogP contribution in [-0.4, -0.2) is 62.7 Å². The minimum atomic E-state index is -0.732. The fourth-order valence-electron chi connectivity index (χ4n) is 5.04. The van der Waals surface area contributed by atoms with Crippen LogP contribution in [0.3, 0.4) is 0 Å². The zero-order valence-electron chi connectivity index (χ0n) is 24.2. The predicted molar refractivity (Wildman–Crippen MR) is 149 cm³/mol. The van der Waals surface area contributed by atoms with Crippen molar-refractivity contribution in [2.24, 2.45) is 0 Å². The number of amides is 2. The van der Waals surface area contributed by atoms with Crippen LogP contribution < -0.4 is 10.6 Å². The van der Waals surface area contributed by atoms with Gasteiger partial charge in [-0.1, -0.05) is 76.8 Å². The second-order valence-electron chi connectivity index (χ2n) is 10.9. The molecule has 3 rings (SSSR count). The van der Waals surface area contributed by atoms with Gasteiger partial charge >= 0.3 is 12.0 Å². The molecule has 2 saturated heterocycles. The summed E-state index contributed by atoms with van der Waals surface area (Å²) in [5.74, 6) is -1.04. The van der Waals surface area contributed by atoms with Crippen LogP contribution in [-0.2, 0) is 34.9 Å². The van der Waals surface area contributed by atoms with Gasteiger partial charge in [-0.05, 0) is 38.0 Å². The van der Waals surface area contributed by atoms with Crippen molar-refractivity contribution in [1.82, 2.24) is 5.32 Å². The van der Waals surface area contributed by atoms with E-state index in [0.29, 0.717) is 12.3 Å². The Kier molecular flexibility index (Phi) is 13.0. The molecule has 2 N–H and O–H groups in total. The number of hydrogen-bond acceptors (Lipinski definition) is 7. The lowest BCUT2D eigenvalue weighted by molar-refractivity contribution is -0.232. The largest absolute Gasteiger partial charge is 0.469 e. The summed E-state index contributed by atoms with van der Waals surface area (Å²) in [6, 6.07) is 6.68. The van der Waals surface area contributed by atoms with E-state index in [-0.39, 0.29) is 43.3 Å². The number of nitrogens with one attached hydrogen (secondary N) is 2. The number of unbranched alkanes of at least 4 members (excludes halogenated alkanes) is 9. The maximum absolute atomic E-state index is 12.5. The third-order valence-corrected chi connectivity index (χ3v) is 7.14. The molecule has 4 atom stereocenters. The molecule has 0 saturated carbocycles. The Bertz CT molecular complexity index is 877. The van der Waals surface area contributed by atoms with E-state index in [1.165, 1.54) is 58.5 Å². The third-order valence-electron chi connectivity index (χ3n) is 7.14. The van der Waals surface area contributed by atoms with Crippen LogP contribution in [0.25, 0.3) is 0 Å². The molecule has 0 unspecified atom stereocenters. The molecule has 1 aromatic carbocycles. The Balaban J connectivity index is 1.36. The number of urea groups is 1. The van der Waals surface area contributed by atoms with Gasteiger partial charge in [0.2, 0.25) is 0 Å². The molecular weight excluding hydrogens is 500 g/mol. The molecule has 220 valence electrons. The third kappa shape index (κ3) is 10.7. The number of carbonyl (C=O) groups excluding carboxylic acids is 2. The van der Waals surface area contributed by atoms with Gasteiger partial charge in [-0.15, -0.1) is 0 Å². The van der Waals surface area contributed by atoms with Crippen LogP contribution in [0.15, 0.2) is 24.3 Å². The highest BCUT2D eigenvalue weighted by Gasteiger charge is 2.55. The van der Waals surface area contributed by atoms with Gasteiger partial charge in [0.05, 0.1) is 13.5 Å². The summed E-state index contributed by atoms with van der Waals surface area (Å²) < 4.78 is 29.0. The Morgan fingerprint density at radius 1 is 0.897 bits per heavy atom. The van der Waals surface area contributed by atoms with E-state index in [1.807, 2.05) is 13.8 Å². The van der Waals surface area contributed by atoms with Crippen molar-refractivity contribution >= 4 is 17.7 Å². The molecule has 2 fully saturated rings. The summed E-state index contributed by atoms with van der Waals surface area (Å²) >= 11 is 0. The summed E-state index contributed by atoms with van der Waals surface area (Å²) in [4.78, 5) is 23.9. The van der Waals surface area contributed by atoms with Crippen LogP contribution in [0.4, 0.5) is 10.5 Å². The summed E-state index contributed by atoms with van der Waals surface area (Å²) in [5.41, 5.74) is 1.42. The average Bonchev–Trinajstić information content (AvgIpc) is 3.39. The lowest BCUT2D eigenvalue weighted by Gasteiger charge is -2.24. The number of anilines is 1. The SMILES string of the molecule is CCCCCCCCCCCCO[C@@H]1O[C@H](CNC(=O)Nc2ccc(CC(=O)OC)cc2)[C@H]2OC(C)(C)O[C@@H]12. The van der Waals surface area contributed by atoms with Crippen molar-refractivity contribution < 1.29 is 33.3 Å². The number of benzene rings is 1. The van der Waals surface area contributed by atoms with Crippen LogP contribution in [0.1, 0.15) is 90.5 Å². The average molecular weight is 549 g/mol. The standard InChI is InChI=1S/C30H48N2O7/c1-5-6-7-8-9-10-11-12-13-14-19-36-28-27-26(38-30(2,3)39-27)24(37-28)21-31-29(34)32-23-17-15-22(16-18-23)20-25(33)35-4/h15-18,24,26-28H,5-14,19-21H2,1-4H3,(H2,31,32,34)/t24-,26-,27-,28-/m1/s1. The van der Waals surface area contributed by atoms with Gasteiger partial charge in [0.1, 0.15) is 18.3 Å². The minimum absolute atomic E-state index is 0.186. The molecule has 2 aliphatic rings.